The van der Waals surface area contributed by atoms with Crippen molar-refractivity contribution in [2.45, 2.75) is 6.92 Å². The average Bonchev–Trinajstić information content (AvgIpc) is 3.14. The van der Waals surface area contributed by atoms with Crippen molar-refractivity contribution < 1.29 is 4.79 Å². The Balaban J connectivity index is 1.50. The molecule has 2 aromatic heterocycles. The Morgan fingerprint density at radius 2 is 1.79 bits per heavy atom. The largest absolute Gasteiger partial charge is 0.365 e. The number of aryl methyl sites for hydroxylation is 2. The maximum atomic E-state index is 13.0. The molecule has 1 saturated heterocycles. The summed E-state index contributed by atoms with van der Waals surface area (Å²) in [6.07, 6.45) is 3.84. The van der Waals surface area contributed by atoms with Crippen LogP contribution in [-0.2, 0) is 7.05 Å². The van der Waals surface area contributed by atoms with Crippen molar-refractivity contribution in [3.63, 3.8) is 0 Å². The molecule has 7 nitrogen and oxygen atoms in total. The van der Waals surface area contributed by atoms with Crippen molar-refractivity contribution >= 4 is 23.2 Å². The fourth-order valence-electron chi connectivity index (χ4n) is 3.31. The van der Waals surface area contributed by atoms with Gasteiger partial charge in [0, 0.05) is 55.7 Å². The van der Waals surface area contributed by atoms with E-state index in [4.69, 9.17) is 11.6 Å². The van der Waals surface area contributed by atoms with Crippen molar-refractivity contribution in [1.82, 2.24) is 24.6 Å². The zero-order valence-electron chi connectivity index (χ0n) is 15.8. The summed E-state index contributed by atoms with van der Waals surface area (Å²) in [5.41, 5.74) is 3.10. The summed E-state index contributed by atoms with van der Waals surface area (Å²) in [5.74, 6) is 0.473. The van der Waals surface area contributed by atoms with Gasteiger partial charge in [0.05, 0.1) is 11.9 Å². The number of amides is 1. The number of halogens is 1. The first-order chi connectivity index (χ1) is 13.5. The fourth-order valence-corrected chi connectivity index (χ4v) is 3.43. The Bertz CT molecular complexity index is 992. The molecule has 1 aliphatic rings. The zero-order valence-corrected chi connectivity index (χ0v) is 16.6. The maximum absolute atomic E-state index is 13.0. The van der Waals surface area contributed by atoms with Gasteiger partial charge in [-0.3, -0.25) is 9.48 Å². The minimum atomic E-state index is -0.0634. The lowest BCUT2D eigenvalue weighted by molar-refractivity contribution is 0.0740. The molecule has 0 spiro atoms. The summed E-state index contributed by atoms with van der Waals surface area (Å²) >= 11 is 5.96. The van der Waals surface area contributed by atoms with Gasteiger partial charge in [-0.05, 0) is 37.3 Å². The molecule has 1 aliphatic heterocycles. The lowest BCUT2D eigenvalue weighted by atomic mass is 10.2. The zero-order chi connectivity index (χ0) is 19.7. The van der Waals surface area contributed by atoms with Crippen molar-refractivity contribution in [3.8, 4) is 11.4 Å². The number of benzene rings is 1. The molecule has 0 atom stereocenters. The highest BCUT2D eigenvalue weighted by Gasteiger charge is 2.24. The number of carbonyl (C=O) groups is 1. The van der Waals surface area contributed by atoms with Crippen molar-refractivity contribution in [2.24, 2.45) is 7.05 Å². The number of hydrogen-bond donors (Lipinski definition) is 0. The molecule has 1 fully saturated rings. The second-order valence-corrected chi connectivity index (χ2v) is 7.31. The van der Waals surface area contributed by atoms with Crippen LogP contribution in [0.4, 0.5) is 5.69 Å². The molecule has 0 bridgehead atoms. The lowest BCUT2D eigenvalue weighted by Crippen LogP contribution is -2.49. The van der Waals surface area contributed by atoms with E-state index in [0.717, 1.165) is 30.0 Å². The van der Waals surface area contributed by atoms with Crippen LogP contribution in [0.2, 0.25) is 5.02 Å². The second kappa shape index (κ2) is 7.59. The van der Waals surface area contributed by atoms with Gasteiger partial charge < -0.3 is 9.80 Å². The van der Waals surface area contributed by atoms with Gasteiger partial charge in [-0.2, -0.15) is 5.10 Å². The van der Waals surface area contributed by atoms with Gasteiger partial charge in [-0.1, -0.05) is 11.6 Å². The van der Waals surface area contributed by atoms with E-state index in [-0.39, 0.29) is 5.91 Å². The smallest absolute Gasteiger partial charge is 0.272 e. The van der Waals surface area contributed by atoms with Gasteiger partial charge >= 0.3 is 0 Å². The SMILES string of the molecule is Cc1cc(C(=O)N2CCN(c3cnn(C)c3)CC2)nc(-c2ccc(Cl)cc2)n1. The van der Waals surface area contributed by atoms with Gasteiger partial charge in [-0.25, -0.2) is 9.97 Å². The van der Waals surface area contributed by atoms with Crippen LogP contribution in [0.25, 0.3) is 11.4 Å². The van der Waals surface area contributed by atoms with Crippen LogP contribution in [0.15, 0.2) is 42.7 Å². The topological polar surface area (TPSA) is 67.2 Å². The van der Waals surface area contributed by atoms with E-state index in [0.29, 0.717) is 29.6 Å². The molecule has 0 aliphatic carbocycles. The van der Waals surface area contributed by atoms with Crippen LogP contribution in [-0.4, -0.2) is 56.7 Å². The highest BCUT2D eigenvalue weighted by molar-refractivity contribution is 6.30. The van der Waals surface area contributed by atoms with Gasteiger partial charge in [-0.15, -0.1) is 0 Å². The predicted molar refractivity (Wildman–Crippen MR) is 109 cm³/mol. The number of rotatable bonds is 3. The van der Waals surface area contributed by atoms with Gasteiger partial charge in [0.15, 0.2) is 5.82 Å². The molecule has 0 N–H and O–H groups in total. The van der Waals surface area contributed by atoms with Crippen LogP contribution in [0, 0.1) is 6.92 Å². The molecule has 1 amide bonds. The molecule has 28 heavy (non-hydrogen) atoms. The highest BCUT2D eigenvalue weighted by atomic mass is 35.5. The molecule has 0 saturated carbocycles. The number of anilines is 1. The highest BCUT2D eigenvalue weighted by Crippen LogP contribution is 2.20. The summed E-state index contributed by atoms with van der Waals surface area (Å²) in [5, 5.41) is 4.87. The van der Waals surface area contributed by atoms with Gasteiger partial charge in [0.1, 0.15) is 5.69 Å². The lowest BCUT2D eigenvalue weighted by Gasteiger charge is -2.35. The van der Waals surface area contributed by atoms with E-state index < -0.39 is 0 Å². The summed E-state index contributed by atoms with van der Waals surface area (Å²) < 4.78 is 1.79. The predicted octanol–water partition coefficient (Wildman–Crippen LogP) is 2.80. The van der Waals surface area contributed by atoms with E-state index in [1.54, 1.807) is 22.9 Å². The number of piperazine rings is 1. The van der Waals surface area contributed by atoms with Crippen molar-refractivity contribution in [1.29, 1.82) is 0 Å². The fraction of sp³-hybridized carbons (Fsp3) is 0.300. The van der Waals surface area contributed by atoms with Crippen molar-refractivity contribution in [2.75, 3.05) is 31.1 Å². The number of nitrogens with zero attached hydrogens (tertiary/aromatic N) is 6. The number of hydrogen-bond acceptors (Lipinski definition) is 5. The summed E-state index contributed by atoms with van der Waals surface area (Å²) in [6.45, 7) is 4.70. The van der Waals surface area contributed by atoms with Crippen LogP contribution in [0.1, 0.15) is 16.2 Å². The van der Waals surface area contributed by atoms with Crippen LogP contribution in [0.5, 0.6) is 0 Å². The van der Waals surface area contributed by atoms with E-state index in [1.165, 1.54) is 0 Å². The van der Waals surface area contributed by atoms with Crippen LogP contribution in [0.3, 0.4) is 0 Å². The minimum absolute atomic E-state index is 0.0634. The standard InChI is InChI=1S/C20H21ClN6O/c1-14-11-18(24-19(23-14)15-3-5-16(21)6-4-15)20(28)27-9-7-26(8-10-27)17-12-22-25(2)13-17/h3-6,11-13H,7-10H2,1-2H3. The summed E-state index contributed by atoms with van der Waals surface area (Å²) in [6, 6.07) is 9.05. The first kappa shape index (κ1) is 18.4. The molecule has 8 heteroatoms. The monoisotopic (exact) mass is 396 g/mol. The Labute approximate surface area is 168 Å². The van der Waals surface area contributed by atoms with Crippen molar-refractivity contribution in [3.05, 3.63) is 59.1 Å². The average molecular weight is 397 g/mol. The Morgan fingerprint density at radius 1 is 1.07 bits per heavy atom. The van der Waals surface area contributed by atoms with Gasteiger partial charge in [0.2, 0.25) is 0 Å². The quantitative estimate of drug-likeness (QED) is 0.681. The third-order valence-electron chi connectivity index (χ3n) is 4.80. The molecule has 1 aromatic carbocycles. The van der Waals surface area contributed by atoms with Crippen LogP contribution >= 0.6 is 11.6 Å². The maximum Gasteiger partial charge on any atom is 0.272 e. The number of carbonyl (C=O) groups excluding carboxylic acids is 1. The second-order valence-electron chi connectivity index (χ2n) is 6.88. The molecule has 4 rings (SSSR count). The molecule has 3 aromatic rings. The first-order valence-electron chi connectivity index (χ1n) is 9.14. The molecular weight excluding hydrogens is 376 g/mol. The van der Waals surface area contributed by atoms with Gasteiger partial charge in [0.25, 0.3) is 5.91 Å². The molecular formula is C20H21ClN6O. The van der Waals surface area contributed by atoms with E-state index >= 15 is 0 Å². The normalized spacial score (nSPS) is 14.4. The Morgan fingerprint density at radius 3 is 2.43 bits per heavy atom. The van der Waals surface area contributed by atoms with Crippen LogP contribution < -0.4 is 4.90 Å². The molecule has 0 radical (unpaired) electrons. The summed E-state index contributed by atoms with van der Waals surface area (Å²) in [4.78, 5) is 26.1. The molecule has 0 unspecified atom stereocenters. The van der Waals surface area contributed by atoms with E-state index in [1.807, 2.05) is 43.4 Å². The molecule has 3 heterocycles. The Hall–Kier alpha value is -2.93. The number of aromatic nitrogens is 4. The Kier molecular flexibility index (Phi) is 5.00. The third kappa shape index (κ3) is 3.84. The van der Waals surface area contributed by atoms with E-state index in [9.17, 15) is 4.79 Å². The minimum Gasteiger partial charge on any atom is -0.365 e. The van der Waals surface area contributed by atoms with E-state index in [2.05, 4.69) is 20.0 Å². The summed E-state index contributed by atoms with van der Waals surface area (Å²) in [7, 11) is 1.90. The molecule has 144 valence electrons. The third-order valence-corrected chi connectivity index (χ3v) is 5.05. The first-order valence-corrected chi connectivity index (χ1v) is 9.52.